The zero-order chi connectivity index (χ0) is 17.1. The first-order chi connectivity index (χ1) is 11.6. The van der Waals surface area contributed by atoms with Gasteiger partial charge >= 0.3 is 0 Å². The number of nitrogens with two attached hydrogens (primary N) is 1. The number of hydrogen-bond acceptors (Lipinski definition) is 4. The summed E-state index contributed by atoms with van der Waals surface area (Å²) in [5, 5.41) is 0.154. The lowest BCUT2D eigenvalue weighted by Gasteiger charge is -2.38. The molecule has 0 bridgehead atoms. The SMILES string of the molecule is CC1CCN(C(=O)CSC(C)c2nc3ccccc3[nH]2)C(CN)C1. The number of carbonyl (C=O) groups is 1. The van der Waals surface area contributed by atoms with Crippen molar-refractivity contribution >= 4 is 28.7 Å². The minimum Gasteiger partial charge on any atom is -0.341 e. The van der Waals surface area contributed by atoms with Crippen molar-refractivity contribution in [2.24, 2.45) is 11.7 Å². The van der Waals surface area contributed by atoms with E-state index in [1.54, 1.807) is 11.8 Å². The minimum absolute atomic E-state index is 0.154. The third kappa shape index (κ3) is 3.75. The molecule has 3 rings (SSSR count). The molecule has 3 N–H and O–H groups in total. The lowest BCUT2D eigenvalue weighted by atomic mass is 9.92. The molecule has 1 aliphatic rings. The number of nitrogens with zero attached hydrogens (tertiary/aromatic N) is 2. The Labute approximate surface area is 147 Å². The molecule has 0 spiro atoms. The van der Waals surface area contributed by atoms with Crippen LogP contribution < -0.4 is 5.73 Å². The van der Waals surface area contributed by atoms with Crippen molar-refractivity contribution in [2.45, 2.75) is 38.0 Å². The molecular formula is C18H26N4OS. The number of nitrogens with one attached hydrogen (secondary N) is 1. The fourth-order valence-electron chi connectivity index (χ4n) is 3.33. The zero-order valence-corrected chi connectivity index (χ0v) is 15.2. The molecule has 1 fully saturated rings. The standard InChI is InChI=1S/C18H26N4OS/c1-12-7-8-22(14(9-12)10-19)17(23)11-24-13(2)18-20-15-5-3-4-6-16(15)21-18/h3-6,12-14H,7-11,19H2,1-2H3,(H,20,21). The number of aromatic amines is 1. The zero-order valence-electron chi connectivity index (χ0n) is 14.4. The van der Waals surface area contributed by atoms with E-state index in [2.05, 4.69) is 23.8 Å². The number of imidazole rings is 1. The molecule has 5 nitrogen and oxygen atoms in total. The van der Waals surface area contributed by atoms with Crippen molar-refractivity contribution in [3.05, 3.63) is 30.1 Å². The van der Waals surface area contributed by atoms with Crippen molar-refractivity contribution < 1.29 is 4.79 Å². The first kappa shape index (κ1) is 17.3. The van der Waals surface area contributed by atoms with E-state index in [0.29, 0.717) is 18.2 Å². The summed E-state index contributed by atoms with van der Waals surface area (Å²) in [4.78, 5) is 22.6. The van der Waals surface area contributed by atoms with Gasteiger partial charge in [-0.15, -0.1) is 11.8 Å². The van der Waals surface area contributed by atoms with Gasteiger partial charge < -0.3 is 15.6 Å². The Bertz CT molecular complexity index is 668. The van der Waals surface area contributed by atoms with E-state index in [1.165, 1.54) is 0 Å². The summed E-state index contributed by atoms with van der Waals surface area (Å²) in [6.07, 6.45) is 2.10. The van der Waals surface area contributed by atoms with E-state index < -0.39 is 0 Å². The van der Waals surface area contributed by atoms with Crippen LogP contribution in [0.5, 0.6) is 0 Å². The number of rotatable bonds is 5. The first-order valence-electron chi connectivity index (χ1n) is 8.64. The Hall–Kier alpha value is -1.53. The van der Waals surface area contributed by atoms with Gasteiger partial charge in [-0.2, -0.15) is 0 Å². The second kappa shape index (κ2) is 7.57. The molecular weight excluding hydrogens is 320 g/mol. The number of likely N-dealkylation sites (tertiary alicyclic amines) is 1. The van der Waals surface area contributed by atoms with Gasteiger partial charge in [-0.05, 0) is 37.8 Å². The molecule has 1 aromatic carbocycles. The summed E-state index contributed by atoms with van der Waals surface area (Å²) in [5.74, 6) is 2.26. The van der Waals surface area contributed by atoms with Crippen LogP contribution in [0, 0.1) is 5.92 Å². The third-order valence-electron chi connectivity index (χ3n) is 4.82. The van der Waals surface area contributed by atoms with Gasteiger partial charge in [-0.25, -0.2) is 4.98 Å². The smallest absolute Gasteiger partial charge is 0.232 e. The molecule has 0 aliphatic carbocycles. The lowest BCUT2D eigenvalue weighted by Crippen LogP contribution is -2.49. The summed E-state index contributed by atoms with van der Waals surface area (Å²) in [6, 6.07) is 8.20. The summed E-state index contributed by atoms with van der Waals surface area (Å²) < 4.78 is 0. The molecule has 1 aliphatic heterocycles. The largest absolute Gasteiger partial charge is 0.341 e. The van der Waals surface area contributed by atoms with E-state index >= 15 is 0 Å². The van der Waals surface area contributed by atoms with Crippen molar-refractivity contribution in [3.63, 3.8) is 0 Å². The molecule has 3 atom stereocenters. The van der Waals surface area contributed by atoms with E-state index in [4.69, 9.17) is 5.73 Å². The molecule has 2 aromatic rings. The number of amides is 1. The predicted octanol–water partition coefficient (Wildman–Crippen LogP) is 2.94. The highest BCUT2D eigenvalue weighted by molar-refractivity contribution is 8.00. The number of para-hydroxylation sites is 2. The maximum absolute atomic E-state index is 12.6. The maximum atomic E-state index is 12.6. The number of fused-ring (bicyclic) bond motifs is 1. The van der Waals surface area contributed by atoms with Crippen LogP contribution in [0.15, 0.2) is 24.3 Å². The Balaban J connectivity index is 1.59. The van der Waals surface area contributed by atoms with Crippen LogP contribution in [0.25, 0.3) is 11.0 Å². The summed E-state index contributed by atoms with van der Waals surface area (Å²) in [6.45, 7) is 5.72. The van der Waals surface area contributed by atoms with Gasteiger partial charge in [0.2, 0.25) is 5.91 Å². The lowest BCUT2D eigenvalue weighted by molar-refractivity contribution is -0.132. The summed E-state index contributed by atoms with van der Waals surface area (Å²) in [7, 11) is 0. The Morgan fingerprint density at radius 2 is 2.29 bits per heavy atom. The fraction of sp³-hybridized carbons (Fsp3) is 0.556. The number of benzene rings is 1. The topological polar surface area (TPSA) is 75.0 Å². The Morgan fingerprint density at radius 3 is 3.04 bits per heavy atom. The van der Waals surface area contributed by atoms with Crippen molar-refractivity contribution in [1.82, 2.24) is 14.9 Å². The Kier molecular flexibility index (Phi) is 5.46. The van der Waals surface area contributed by atoms with Gasteiger partial charge in [0.25, 0.3) is 0 Å². The van der Waals surface area contributed by atoms with E-state index in [-0.39, 0.29) is 17.2 Å². The van der Waals surface area contributed by atoms with Crippen molar-refractivity contribution in [1.29, 1.82) is 0 Å². The number of hydrogen-bond donors (Lipinski definition) is 2. The van der Waals surface area contributed by atoms with Crippen molar-refractivity contribution in [2.75, 3.05) is 18.8 Å². The molecule has 0 radical (unpaired) electrons. The molecule has 1 amide bonds. The van der Waals surface area contributed by atoms with E-state index in [1.807, 2.05) is 29.2 Å². The van der Waals surface area contributed by atoms with Crippen LogP contribution in [-0.2, 0) is 4.79 Å². The van der Waals surface area contributed by atoms with Gasteiger partial charge in [-0.3, -0.25) is 4.79 Å². The second-order valence-electron chi connectivity index (χ2n) is 6.70. The quantitative estimate of drug-likeness (QED) is 0.873. The molecule has 0 saturated carbocycles. The third-order valence-corrected chi connectivity index (χ3v) is 5.96. The van der Waals surface area contributed by atoms with Gasteiger partial charge in [0, 0.05) is 19.1 Å². The summed E-state index contributed by atoms with van der Waals surface area (Å²) >= 11 is 1.63. The maximum Gasteiger partial charge on any atom is 0.232 e. The molecule has 1 saturated heterocycles. The molecule has 1 aromatic heterocycles. The minimum atomic E-state index is 0.154. The molecule has 24 heavy (non-hydrogen) atoms. The van der Waals surface area contributed by atoms with Crippen LogP contribution >= 0.6 is 11.8 Å². The highest BCUT2D eigenvalue weighted by Gasteiger charge is 2.29. The average Bonchev–Trinajstić information content (AvgIpc) is 3.03. The fourth-order valence-corrected chi connectivity index (χ4v) is 4.15. The molecule has 6 heteroatoms. The normalized spacial score (nSPS) is 22.7. The number of carbonyl (C=O) groups excluding carboxylic acids is 1. The van der Waals surface area contributed by atoms with Crippen molar-refractivity contribution in [3.8, 4) is 0 Å². The van der Waals surface area contributed by atoms with Gasteiger partial charge in [0.15, 0.2) is 0 Å². The van der Waals surface area contributed by atoms with Gasteiger partial charge in [0.1, 0.15) is 5.82 Å². The number of H-pyrrole nitrogens is 1. The second-order valence-corrected chi connectivity index (χ2v) is 8.03. The number of thioether (sulfide) groups is 1. The van der Waals surface area contributed by atoms with Crippen LogP contribution in [0.1, 0.15) is 37.8 Å². The van der Waals surface area contributed by atoms with Crippen LogP contribution in [0.2, 0.25) is 0 Å². The van der Waals surface area contributed by atoms with Crippen LogP contribution in [0.4, 0.5) is 0 Å². The summed E-state index contributed by atoms with van der Waals surface area (Å²) in [5.41, 5.74) is 7.88. The predicted molar refractivity (Wildman–Crippen MR) is 99.9 cm³/mol. The number of aromatic nitrogens is 2. The van der Waals surface area contributed by atoms with E-state index in [9.17, 15) is 4.79 Å². The number of piperidine rings is 1. The first-order valence-corrected chi connectivity index (χ1v) is 9.69. The van der Waals surface area contributed by atoms with Crippen LogP contribution in [-0.4, -0.2) is 45.7 Å². The average molecular weight is 347 g/mol. The Morgan fingerprint density at radius 1 is 1.50 bits per heavy atom. The molecule has 2 heterocycles. The van der Waals surface area contributed by atoms with Crippen LogP contribution in [0.3, 0.4) is 0 Å². The van der Waals surface area contributed by atoms with E-state index in [0.717, 1.165) is 36.2 Å². The highest BCUT2D eigenvalue weighted by atomic mass is 32.2. The van der Waals surface area contributed by atoms with Gasteiger partial charge in [-0.1, -0.05) is 19.1 Å². The highest BCUT2D eigenvalue weighted by Crippen LogP contribution is 2.29. The molecule has 3 unspecified atom stereocenters. The monoisotopic (exact) mass is 346 g/mol. The van der Waals surface area contributed by atoms with Gasteiger partial charge in [0.05, 0.1) is 22.0 Å². The molecule has 130 valence electrons.